The van der Waals surface area contributed by atoms with Crippen LogP contribution < -0.4 is 0 Å². The lowest BCUT2D eigenvalue weighted by Crippen LogP contribution is -2.15. The molecule has 0 amide bonds. The summed E-state index contributed by atoms with van der Waals surface area (Å²) in [6, 6.07) is 0. The normalized spacial score (nSPS) is 9.11. The van der Waals surface area contributed by atoms with Gasteiger partial charge in [-0.15, -0.1) is 0 Å². The van der Waals surface area contributed by atoms with E-state index in [1.165, 1.54) is 12.6 Å². The van der Waals surface area contributed by atoms with Gasteiger partial charge in [0.25, 0.3) is 0 Å². The van der Waals surface area contributed by atoms with E-state index in [9.17, 15) is 14.4 Å². The SMILES string of the molecule is CCC(=O)C([C]=O)[C]=O. The van der Waals surface area contributed by atoms with Gasteiger partial charge in [0, 0.05) is 6.42 Å². The molecule has 48 valence electrons. The molecule has 0 spiro atoms. The Morgan fingerprint density at radius 2 is 1.89 bits per heavy atom. The molecule has 3 nitrogen and oxygen atoms in total. The van der Waals surface area contributed by atoms with Crippen LogP contribution in [0.2, 0.25) is 0 Å². The Hall–Kier alpha value is -0.990. The number of hydrogen-bond acceptors (Lipinski definition) is 3. The summed E-state index contributed by atoms with van der Waals surface area (Å²) in [4.78, 5) is 29.9. The second-order valence-corrected chi connectivity index (χ2v) is 1.49. The fourth-order valence-corrected chi connectivity index (χ4v) is 0.360. The molecule has 0 aliphatic rings. The number of ketones is 1. The molecule has 2 radical (unpaired) electrons. The van der Waals surface area contributed by atoms with E-state index in [0.29, 0.717) is 0 Å². The number of rotatable bonds is 4. The minimum Gasteiger partial charge on any atom is -0.298 e. The smallest absolute Gasteiger partial charge is 0.218 e. The van der Waals surface area contributed by atoms with Crippen LogP contribution in [0.4, 0.5) is 0 Å². The third-order valence-electron chi connectivity index (χ3n) is 0.906. The van der Waals surface area contributed by atoms with Crippen molar-refractivity contribution in [2.75, 3.05) is 0 Å². The lowest BCUT2D eigenvalue weighted by molar-refractivity contribution is -0.119. The first-order chi connectivity index (χ1) is 4.26. The van der Waals surface area contributed by atoms with Crippen molar-refractivity contribution < 1.29 is 14.4 Å². The van der Waals surface area contributed by atoms with E-state index in [4.69, 9.17) is 0 Å². The molecule has 0 bridgehead atoms. The van der Waals surface area contributed by atoms with Crippen LogP contribution in [0.15, 0.2) is 0 Å². The fourth-order valence-electron chi connectivity index (χ4n) is 0.360. The molecule has 3 heteroatoms. The van der Waals surface area contributed by atoms with Crippen molar-refractivity contribution in [2.24, 2.45) is 5.92 Å². The fraction of sp³-hybridized carbons (Fsp3) is 0.500. The largest absolute Gasteiger partial charge is 0.298 e. The van der Waals surface area contributed by atoms with E-state index in [-0.39, 0.29) is 6.42 Å². The highest BCUT2D eigenvalue weighted by Gasteiger charge is 2.15. The molecule has 0 saturated heterocycles. The van der Waals surface area contributed by atoms with Gasteiger partial charge in [0.2, 0.25) is 12.6 Å². The van der Waals surface area contributed by atoms with E-state index in [1.54, 1.807) is 6.92 Å². The highest BCUT2D eigenvalue weighted by molar-refractivity contribution is 6.06. The minimum absolute atomic E-state index is 0.176. The van der Waals surface area contributed by atoms with E-state index in [2.05, 4.69) is 0 Å². The zero-order valence-corrected chi connectivity index (χ0v) is 5.01. The molecule has 0 aliphatic carbocycles. The minimum atomic E-state index is -1.28. The Morgan fingerprint density at radius 1 is 1.44 bits per heavy atom. The number of carbonyl (C=O) groups is 1. The molecule has 0 aromatic carbocycles. The highest BCUT2D eigenvalue weighted by Crippen LogP contribution is 1.92. The van der Waals surface area contributed by atoms with Gasteiger partial charge in [-0.05, 0) is 0 Å². The summed E-state index contributed by atoms with van der Waals surface area (Å²) in [7, 11) is 0. The zero-order valence-electron chi connectivity index (χ0n) is 5.01. The van der Waals surface area contributed by atoms with Crippen LogP contribution in [-0.2, 0) is 14.4 Å². The van der Waals surface area contributed by atoms with Gasteiger partial charge in [-0.25, -0.2) is 0 Å². The van der Waals surface area contributed by atoms with Crippen LogP contribution in [0.1, 0.15) is 13.3 Å². The number of Topliss-reactive ketones (excluding diaryl/α,β-unsaturated/α-hetero) is 1. The lowest BCUT2D eigenvalue weighted by Gasteiger charge is -1.91. The van der Waals surface area contributed by atoms with Gasteiger partial charge in [-0.1, -0.05) is 6.92 Å². The standard InChI is InChI=1S/C6H6O3/c1-2-6(9)5(3-7)4-8/h5H,2H2,1H3. The maximum atomic E-state index is 10.4. The van der Waals surface area contributed by atoms with Crippen molar-refractivity contribution in [3.63, 3.8) is 0 Å². The summed E-state index contributed by atoms with van der Waals surface area (Å²) in [5, 5.41) is 0. The Balaban J connectivity index is 3.93. The van der Waals surface area contributed by atoms with E-state index < -0.39 is 11.7 Å². The van der Waals surface area contributed by atoms with Crippen molar-refractivity contribution in [1.29, 1.82) is 0 Å². The summed E-state index contributed by atoms with van der Waals surface area (Å²) in [5.74, 6) is -1.71. The van der Waals surface area contributed by atoms with Gasteiger partial charge in [0.1, 0.15) is 0 Å². The first-order valence-corrected chi connectivity index (χ1v) is 2.54. The van der Waals surface area contributed by atoms with Crippen LogP contribution >= 0.6 is 0 Å². The van der Waals surface area contributed by atoms with Crippen molar-refractivity contribution >= 4 is 18.4 Å². The summed E-state index contributed by atoms with van der Waals surface area (Å²) >= 11 is 0. The number of hydrogen-bond donors (Lipinski definition) is 0. The molecule has 0 rings (SSSR count). The summed E-state index contributed by atoms with van der Waals surface area (Å²) in [6.45, 7) is 1.57. The first-order valence-electron chi connectivity index (χ1n) is 2.54. The van der Waals surface area contributed by atoms with Crippen molar-refractivity contribution in [2.45, 2.75) is 13.3 Å². The quantitative estimate of drug-likeness (QED) is 0.490. The average molecular weight is 126 g/mol. The van der Waals surface area contributed by atoms with Gasteiger partial charge in [0.05, 0.1) is 0 Å². The van der Waals surface area contributed by atoms with Crippen LogP contribution in [0.25, 0.3) is 0 Å². The first kappa shape index (κ1) is 8.01. The van der Waals surface area contributed by atoms with E-state index >= 15 is 0 Å². The van der Waals surface area contributed by atoms with Crippen LogP contribution in [0.3, 0.4) is 0 Å². The Labute approximate surface area is 53.0 Å². The third-order valence-corrected chi connectivity index (χ3v) is 0.906. The van der Waals surface area contributed by atoms with Crippen molar-refractivity contribution in [1.82, 2.24) is 0 Å². The third kappa shape index (κ3) is 2.17. The molecule has 0 saturated carbocycles. The summed E-state index contributed by atoms with van der Waals surface area (Å²) in [6.07, 6.45) is 2.73. The van der Waals surface area contributed by atoms with Gasteiger partial charge in [-0.3, -0.25) is 14.4 Å². The van der Waals surface area contributed by atoms with Gasteiger partial charge in [0.15, 0.2) is 11.7 Å². The molecule has 0 aromatic rings. The van der Waals surface area contributed by atoms with Crippen LogP contribution in [0.5, 0.6) is 0 Å². The zero-order chi connectivity index (χ0) is 7.28. The molecule has 0 atom stereocenters. The topological polar surface area (TPSA) is 51.2 Å². The highest BCUT2D eigenvalue weighted by atomic mass is 16.2. The van der Waals surface area contributed by atoms with Crippen molar-refractivity contribution in [3.05, 3.63) is 0 Å². The van der Waals surface area contributed by atoms with Gasteiger partial charge in [-0.2, -0.15) is 0 Å². The summed E-state index contributed by atoms with van der Waals surface area (Å²) < 4.78 is 0. The maximum absolute atomic E-state index is 10.4. The predicted molar refractivity (Wildman–Crippen MR) is 30.2 cm³/mol. The van der Waals surface area contributed by atoms with Crippen LogP contribution in [0, 0.1) is 5.92 Å². The monoisotopic (exact) mass is 126 g/mol. The van der Waals surface area contributed by atoms with E-state index in [0.717, 1.165) is 0 Å². The lowest BCUT2D eigenvalue weighted by atomic mass is 10.1. The second-order valence-electron chi connectivity index (χ2n) is 1.49. The Kier molecular flexibility index (Phi) is 3.51. The molecule has 0 N–H and O–H groups in total. The van der Waals surface area contributed by atoms with Gasteiger partial charge < -0.3 is 0 Å². The molecule has 9 heavy (non-hydrogen) atoms. The maximum Gasteiger partial charge on any atom is 0.218 e. The predicted octanol–water partition coefficient (Wildman–Crippen LogP) is -0.199. The van der Waals surface area contributed by atoms with Crippen LogP contribution in [-0.4, -0.2) is 18.4 Å². The molecular formula is C6H6O3. The molecule has 0 fully saturated rings. The Morgan fingerprint density at radius 3 is 2.00 bits per heavy atom. The van der Waals surface area contributed by atoms with Gasteiger partial charge >= 0.3 is 0 Å². The van der Waals surface area contributed by atoms with Crippen molar-refractivity contribution in [3.8, 4) is 0 Å². The molecule has 0 unspecified atom stereocenters. The molecule has 0 aliphatic heterocycles. The summed E-state index contributed by atoms with van der Waals surface area (Å²) in [5.41, 5.74) is 0. The molecule has 0 aromatic heterocycles. The second kappa shape index (κ2) is 3.95. The average Bonchev–Trinajstić information content (AvgIpc) is 1.90. The molecular weight excluding hydrogens is 120 g/mol. The van der Waals surface area contributed by atoms with E-state index in [1.807, 2.05) is 0 Å². The Bertz CT molecular complexity index is 120. The number of carbonyl (C=O) groups excluding carboxylic acids is 3. The molecule has 0 heterocycles.